The van der Waals surface area contributed by atoms with Crippen LogP contribution < -0.4 is 5.73 Å². The zero-order valence-electron chi connectivity index (χ0n) is 19.8. The second-order valence-corrected chi connectivity index (χ2v) is 9.64. The van der Waals surface area contributed by atoms with Gasteiger partial charge in [0.1, 0.15) is 24.5 Å². The summed E-state index contributed by atoms with van der Waals surface area (Å²) in [6.07, 6.45) is -1.29. The van der Waals surface area contributed by atoms with E-state index in [1.165, 1.54) is 13.2 Å². The van der Waals surface area contributed by atoms with Gasteiger partial charge in [0.15, 0.2) is 11.4 Å². The molecule has 0 radical (unpaired) electrons. The number of benzene rings is 1. The number of ketones is 2. The lowest BCUT2D eigenvalue weighted by Gasteiger charge is -2.53. The molecule has 4 rings (SSSR count). The average molecular weight is 488 g/mol. The highest BCUT2D eigenvalue weighted by Crippen LogP contribution is 2.52. The first-order valence-corrected chi connectivity index (χ1v) is 11.2. The Hall–Kier alpha value is -3.28. The van der Waals surface area contributed by atoms with E-state index in [0.717, 1.165) is 0 Å². The molecule has 11 heteroatoms. The van der Waals surface area contributed by atoms with E-state index in [0.29, 0.717) is 16.8 Å². The number of aliphatic hydroxyl groups excluding tert-OH is 2. The van der Waals surface area contributed by atoms with Crippen molar-refractivity contribution in [3.8, 4) is 5.75 Å². The third-order valence-corrected chi connectivity index (χ3v) is 7.59. The number of primary amides is 1. The van der Waals surface area contributed by atoms with E-state index in [2.05, 4.69) is 5.16 Å². The van der Waals surface area contributed by atoms with Gasteiger partial charge in [0, 0.05) is 23.1 Å². The highest BCUT2D eigenvalue weighted by Gasteiger charge is 2.67. The zero-order chi connectivity index (χ0) is 26.0. The molecule has 0 saturated heterocycles. The molecule has 2 saturated carbocycles. The van der Waals surface area contributed by atoms with Crippen molar-refractivity contribution in [2.75, 3.05) is 21.2 Å². The number of carbonyl (C=O) groups excluding carboxylic acids is 3. The largest absolute Gasteiger partial charge is 0.507 e. The number of Topliss-reactive ketones (excluding diaryl/α,β-unsaturated/α-hetero) is 2. The summed E-state index contributed by atoms with van der Waals surface area (Å²) in [5.41, 5.74) is 4.12. The van der Waals surface area contributed by atoms with Gasteiger partial charge in [-0.05, 0) is 57.5 Å². The topological polar surface area (TPSA) is 183 Å². The molecule has 35 heavy (non-hydrogen) atoms. The predicted octanol–water partition coefficient (Wildman–Crippen LogP) is -0.501. The molecule has 2 fully saturated rings. The van der Waals surface area contributed by atoms with Crippen molar-refractivity contribution in [1.29, 1.82) is 0 Å². The van der Waals surface area contributed by atoms with Crippen LogP contribution in [0, 0.1) is 17.8 Å². The lowest BCUT2D eigenvalue weighted by Crippen LogP contribution is -2.73. The molecule has 0 heterocycles. The normalized spacial score (nSPS) is 32.8. The highest BCUT2D eigenvalue weighted by atomic mass is 16.6. The number of oxime groups is 1. The van der Waals surface area contributed by atoms with Gasteiger partial charge < -0.3 is 35.9 Å². The molecule has 1 aromatic rings. The summed E-state index contributed by atoms with van der Waals surface area (Å²) < 4.78 is 0. The number of rotatable bonds is 4. The van der Waals surface area contributed by atoms with Crippen LogP contribution >= 0.6 is 0 Å². The molecular weight excluding hydrogens is 458 g/mol. The van der Waals surface area contributed by atoms with E-state index < -0.39 is 58.7 Å². The van der Waals surface area contributed by atoms with Crippen molar-refractivity contribution in [3.63, 3.8) is 0 Å². The van der Waals surface area contributed by atoms with Gasteiger partial charge in [0.2, 0.25) is 11.7 Å². The smallest absolute Gasteiger partial charge is 0.230 e. The molecule has 11 nitrogen and oxygen atoms in total. The van der Waals surface area contributed by atoms with E-state index in [4.69, 9.17) is 10.6 Å². The molecule has 3 aliphatic rings. The van der Waals surface area contributed by atoms with Crippen molar-refractivity contribution in [3.05, 3.63) is 34.4 Å². The number of phenolic OH excluding ortho intramolecular Hbond substituents is 1. The lowest BCUT2D eigenvalue weighted by atomic mass is 9.54. The van der Waals surface area contributed by atoms with Gasteiger partial charge >= 0.3 is 0 Å². The van der Waals surface area contributed by atoms with Gasteiger partial charge in [-0.1, -0.05) is 5.16 Å². The van der Waals surface area contributed by atoms with Crippen LogP contribution in [0.15, 0.2) is 22.9 Å². The second kappa shape index (κ2) is 8.43. The number of hydrogen-bond acceptors (Lipinski definition) is 10. The molecule has 2 unspecified atom stereocenters. The van der Waals surface area contributed by atoms with Crippen molar-refractivity contribution in [1.82, 2.24) is 4.90 Å². The Morgan fingerprint density at radius 2 is 1.91 bits per heavy atom. The fourth-order valence-electron chi connectivity index (χ4n) is 6.13. The Labute approximate surface area is 201 Å². The van der Waals surface area contributed by atoms with Crippen LogP contribution in [0.1, 0.15) is 30.0 Å². The summed E-state index contributed by atoms with van der Waals surface area (Å²) in [4.78, 5) is 45.5. The number of nitrogens with two attached hydrogens (primary N) is 1. The summed E-state index contributed by atoms with van der Waals surface area (Å²) in [6, 6.07) is 2.03. The zero-order valence-corrected chi connectivity index (χ0v) is 19.8. The molecule has 0 bridgehead atoms. The van der Waals surface area contributed by atoms with Crippen molar-refractivity contribution in [2.24, 2.45) is 28.6 Å². The van der Waals surface area contributed by atoms with Crippen molar-refractivity contribution >= 4 is 28.9 Å². The Morgan fingerprint density at radius 1 is 1.26 bits per heavy atom. The molecule has 0 aliphatic heterocycles. The standard InChI is InChI=1S/C24H29N3O8/c1-9(26-35-4)11-5-6-14(28)16-12(11)7-10-8-13-18(27(2)3)20(30)17(23(25)33)22(32)24(13,34)21(31)15(10)19(16)29/h5-6,10,13,17-18,20,28-30,34H,7-8H2,1-4H3,(H2,25,33)/b26-9+/t10-,13-,17?,18-,20?,24-/m0/s1. The van der Waals surface area contributed by atoms with Crippen LogP contribution in [0.3, 0.4) is 0 Å². The molecular formula is C24H29N3O8. The molecule has 0 spiro atoms. The van der Waals surface area contributed by atoms with Crippen LogP contribution in [0.25, 0.3) is 5.76 Å². The van der Waals surface area contributed by atoms with E-state index in [1.807, 2.05) is 0 Å². The fourth-order valence-corrected chi connectivity index (χ4v) is 6.13. The fraction of sp³-hybridized carbons (Fsp3) is 0.500. The Bertz CT molecular complexity index is 1190. The number of likely N-dealkylation sites (N-methyl/N-ethyl adjacent to an activating group) is 1. The molecule has 1 amide bonds. The van der Waals surface area contributed by atoms with E-state index in [9.17, 15) is 34.8 Å². The van der Waals surface area contributed by atoms with E-state index >= 15 is 0 Å². The number of phenols is 1. The maximum atomic E-state index is 13.8. The summed E-state index contributed by atoms with van der Waals surface area (Å²) in [5.74, 6) is -7.72. The van der Waals surface area contributed by atoms with Gasteiger partial charge in [0.05, 0.1) is 17.4 Å². The van der Waals surface area contributed by atoms with Gasteiger partial charge in [0.25, 0.3) is 0 Å². The van der Waals surface area contributed by atoms with Crippen molar-refractivity contribution < 1.29 is 39.6 Å². The van der Waals surface area contributed by atoms with Crippen LogP contribution in [0.2, 0.25) is 0 Å². The molecule has 6 atom stereocenters. The number of nitrogens with zero attached hydrogens (tertiary/aromatic N) is 2. The Morgan fingerprint density at radius 3 is 2.49 bits per heavy atom. The van der Waals surface area contributed by atoms with Crippen LogP contribution in [0.5, 0.6) is 5.75 Å². The van der Waals surface area contributed by atoms with E-state index in [1.54, 1.807) is 32.0 Å². The molecule has 1 aromatic carbocycles. The number of aliphatic hydroxyl groups is 3. The first-order chi connectivity index (χ1) is 16.4. The summed E-state index contributed by atoms with van der Waals surface area (Å²) in [5, 5.41) is 48.1. The number of aromatic hydroxyl groups is 1. The van der Waals surface area contributed by atoms with Gasteiger partial charge in [-0.3, -0.25) is 14.4 Å². The van der Waals surface area contributed by atoms with Crippen LogP contribution in [0.4, 0.5) is 0 Å². The third kappa shape index (κ3) is 3.37. The Balaban J connectivity index is 1.94. The third-order valence-electron chi connectivity index (χ3n) is 7.59. The van der Waals surface area contributed by atoms with Gasteiger partial charge in [-0.15, -0.1) is 0 Å². The summed E-state index contributed by atoms with van der Waals surface area (Å²) >= 11 is 0. The minimum Gasteiger partial charge on any atom is -0.507 e. The predicted molar refractivity (Wildman–Crippen MR) is 123 cm³/mol. The number of fused-ring (bicyclic) bond motifs is 3. The minimum absolute atomic E-state index is 0.00806. The first-order valence-electron chi connectivity index (χ1n) is 11.2. The quantitative estimate of drug-likeness (QED) is 0.212. The summed E-state index contributed by atoms with van der Waals surface area (Å²) in [7, 11) is 4.59. The number of carbonyl (C=O) groups is 3. The molecule has 3 aliphatic carbocycles. The maximum absolute atomic E-state index is 13.8. The average Bonchev–Trinajstić information content (AvgIpc) is 2.76. The van der Waals surface area contributed by atoms with Crippen LogP contribution in [-0.2, 0) is 25.6 Å². The monoisotopic (exact) mass is 487 g/mol. The lowest BCUT2D eigenvalue weighted by molar-refractivity contribution is -0.184. The maximum Gasteiger partial charge on any atom is 0.230 e. The van der Waals surface area contributed by atoms with E-state index in [-0.39, 0.29) is 29.7 Å². The number of hydrogen-bond donors (Lipinski definition) is 5. The second-order valence-electron chi connectivity index (χ2n) is 9.64. The van der Waals surface area contributed by atoms with Gasteiger partial charge in [-0.25, -0.2) is 0 Å². The molecule has 188 valence electrons. The van der Waals surface area contributed by atoms with Crippen LogP contribution in [-0.4, -0.2) is 87.5 Å². The number of amides is 1. The summed E-state index contributed by atoms with van der Waals surface area (Å²) in [6.45, 7) is 1.69. The molecule has 6 N–H and O–H groups in total. The molecule has 0 aromatic heterocycles. The highest BCUT2D eigenvalue weighted by molar-refractivity contribution is 6.25. The van der Waals surface area contributed by atoms with Crippen molar-refractivity contribution in [2.45, 2.75) is 37.5 Å². The first kappa shape index (κ1) is 24.8. The minimum atomic E-state index is -2.67. The van der Waals surface area contributed by atoms with Gasteiger partial charge in [-0.2, -0.15) is 0 Å². The Kier molecular flexibility index (Phi) is 5.98. The SMILES string of the molecule is CO/N=C(\C)c1ccc(O)c2c1C[C@H]1C[C@H]3[C@H](N(C)C)C(O)C(C(N)=O)C(=O)[C@@]3(O)C(=O)C1=C2O.